The first-order chi connectivity index (χ1) is 14.1. The fourth-order valence-electron chi connectivity index (χ4n) is 2.46. The highest BCUT2D eigenvalue weighted by atomic mass is 35.5. The molecule has 2 aromatic carbocycles. The van der Waals surface area contributed by atoms with Gasteiger partial charge < -0.3 is 20.6 Å². The van der Waals surface area contributed by atoms with Gasteiger partial charge in [0.25, 0.3) is 0 Å². The number of carbonyl (C=O) groups is 1. The topological polar surface area (TPSA) is 104 Å². The van der Waals surface area contributed by atoms with Gasteiger partial charge in [-0.15, -0.1) is 10.2 Å². The molecule has 0 unspecified atom stereocenters. The number of amides is 1. The van der Waals surface area contributed by atoms with Crippen molar-refractivity contribution in [2.75, 3.05) is 31.9 Å². The molecule has 0 radical (unpaired) electrons. The van der Waals surface area contributed by atoms with Crippen molar-refractivity contribution in [2.45, 2.75) is 5.16 Å². The number of nitrogens with two attached hydrogens (primary N) is 1. The van der Waals surface area contributed by atoms with Gasteiger partial charge in [-0.3, -0.25) is 4.79 Å². The van der Waals surface area contributed by atoms with Crippen molar-refractivity contribution < 1.29 is 14.3 Å². The Hall–Kier alpha value is -2.91. The van der Waals surface area contributed by atoms with Gasteiger partial charge in [0, 0.05) is 5.02 Å². The van der Waals surface area contributed by atoms with Gasteiger partial charge >= 0.3 is 0 Å². The second-order valence-corrected chi connectivity index (χ2v) is 7.20. The standard InChI is InChI=1S/C19H20ClN5O3S/c1-27-16-5-3-2-4-15(16)18-23-24-19(25(18)21)29-12-17(26)22-10-11-28-14-8-6-13(20)7-9-14/h2-9H,10-12,21H2,1H3,(H,22,26). The predicted octanol–water partition coefficient (Wildman–Crippen LogP) is 2.61. The van der Waals surface area contributed by atoms with E-state index in [-0.39, 0.29) is 11.7 Å². The van der Waals surface area contributed by atoms with Crippen LogP contribution in [-0.4, -0.2) is 46.8 Å². The summed E-state index contributed by atoms with van der Waals surface area (Å²) in [5, 5.41) is 12.0. The van der Waals surface area contributed by atoms with Crippen molar-refractivity contribution in [3.63, 3.8) is 0 Å². The number of nitrogens with zero attached hydrogens (tertiary/aromatic N) is 3. The van der Waals surface area contributed by atoms with Crippen molar-refractivity contribution in [2.24, 2.45) is 0 Å². The Morgan fingerprint density at radius 2 is 1.97 bits per heavy atom. The normalized spacial score (nSPS) is 10.6. The van der Waals surface area contributed by atoms with Crippen LogP contribution in [0.25, 0.3) is 11.4 Å². The Labute approximate surface area is 177 Å². The van der Waals surface area contributed by atoms with E-state index >= 15 is 0 Å². The lowest BCUT2D eigenvalue weighted by Gasteiger charge is -2.08. The third kappa shape index (κ3) is 5.55. The number of nitrogen functional groups attached to an aromatic ring is 1. The molecule has 0 aliphatic heterocycles. The second kappa shape index (κ2) is 10.0. The molecule has 3 N–H and O–H groups in total. The number of benzene rings is 2. The summed E-state index contributed by atoms with van der Waals surface area (Å²) in [5.74, 6) is 7.89. The molecule has 0 atom stereocenters. The van der Waals surface area contributed by atoms with Gasteiger partial charge in [0.1, 0.15) is 18.1 Å². The van der Waals surface area contributed by atoms with Crippen LogP contribution in [0.1, 0.15) is 0 Å². The summed E-state index contributed by atoms with van der Waals surface area (Å²) in [5.41, 5.74) is 0.723. The minimum atomic E-state index is -0.156. The predicted molar refractivity (Wildman–Crippen MR) is 113 cm³/mol. The Balaban J connectivity index is 1.47. The Kier molecular flexibility index (Phi) is 7.20. The van der Waals surface area contributed by atoms with Crippen LogP contribution in [0, 0.1) is 0 Å². The van der Waals surface area contributed by atoms with Gasteiger partial charge in [0.05, 0.1) is 25.0 Å². The molecule has 0 aliphatic carbocycles. The molecule has 0 saturated carbocycles. The molecule has 8 nitrogen and oxygen atoms in total. The number of carbonyl (C=O) groups excluding carboxylic acids is 1. The summed E-state index contributed by atoms with van der Waals surface area (Å²) in [6.45, 7) is 0.729. The molecule has 152 valence electrons. The molecule has 0 saturated heterocycles. The van der Waals surface area contributed by atoms with Gasteiger partial charge in [-0.25, -0.2) is 4.68 Å². The van der Waals surface area contributed by atoms with E-state index in [0.29, 0.717) is 40.7 Å². The van der Waals surface area contributed by atoms with Crippen molar-refractivity contribution in [1.82, 2.24) is 20.2 Å². The number of methoxy groups -OCH3 is 1. The average Bonchev–Trinajstić information content (AvgIpc) is 3.11. The number of rotatable bonds is 9. The average molecular weight is 434 g/mol. The Morgan fingerprint density at radius 3 is 2.72 bits per heavy atom. The molecule has 3 aromatic rings. The zero-order chi connectivity index (χ0) is 20.6. The number of hydrogen-bond acceptors (Lipinski definition) is 7. The maximum Gasteiger partial charge on any atom is 0.230 e. The molecule has 1 aromatic heterocycles. The highest BCUT2D eigenvalue weighted by Crippen LogP contribution is 2.29. The minimum absolute atomic E-state index is 0.155. The monoisotopic (exact) mass is 433 g/mol. The third-order valence-electron chi connectivity index (χ3n) is 3.85. The van der Waals surface area contributed by atoms with Crippen LogP contribution < -0.4 is 20.6 Å². The number of aromatic nitrogens is 3. The van der Waals surface area contributed by atoms with Crippen LogP contribution >= 0.6 is 23.4 Å². The van der Waals surface area contributed by atoms with Crippen LogP contribution in [0.15, 0.2) is 53.7 Å². The van der Waals surface area contributed by atoms with Gasteiger partial charge in [-0.05, 0) is 36.4 Å². The molecule has 0 bridgehead atoms. The maximum atomic E-state index is 12.0. The molecule has 0 spiro atoms. The van der Waals surface area contributed by atoms with E-state index in [4.69, 9.17) is 26.9 Å². The van der Waals surface area contributed by atoms with Crippen molar-refractivity contribution in [3.8, 4) is 22.9 Å². The summed E-state index contributed by atoms with van der Waals surface area (Å²) >= 11 is 7.02. The first kappa shape index (κ1) is 20.8. The zero-order valence-electron chi connectivity index (χ0n) is 15.7. The lowest BCUT2D eigenvalue weighted by molar-refractivity contribution is -0.118. The summed E-state index contributed by atoms with van der Waals surface area (Å²) in [7, 11) is 1.58. The molecule has 1 amide bonds. The summed E-state index contributed by atoms with van der Waals surface area (Å²) < 4.78 is 12.2. The van der Waals surface area contributed by atoms with Crippen LogP contribution in [0.4, 0.5) is 0 Å². The van der Waals surface area contributed by atoms with E-state index < -0.39 is 0 Å². The minimum Gasteiger partial charge on any atom is -0.496 e. The Morgan fingerprint density at radius 1 is 1.21 bits per heavy atom. The lowest BCUT2D eigenvalue weighted by Crippen LogP contribution is -2.29. The fourth-order valence-corrected chi connectivity index (χ4v) is 3.27. The van der Waals surface area contributed by atoms with Crippen molar-refractivity contribution >= 4 is 29.3 Å². The van der Waals surface area contributed by atoms with E-state index in [0.717, 1.165) is 5.56 Å². The largest absolute Gasteiger partial charge is 0.496 e. The smallest absolute Gasteiger partial charge is 0.230 e. The van der Waals surface area contributed by atoms with E-state index in [1.165, 1.54) is 16.4 Å². The second-order valence-electron chi connectivity index (χ2n) is 5.82. The molecular weight excluding hydrogens is 414 g/mol. The maximum absolute atomic E-state index is 12.0. The number of thioether (sulfide) groups is 1. The molecule has 1 heterocycles. The van der Waals surface area contributed by atoms with Crippen LogP contribution in [0.2, 0.25) is 5.02 Å². The van der Waals surface area contributed by atoms with Gasteiger partial charge in [-0.2, -0.15) is 0 Å². The summed E-state index contributed by atoms with van der Waals surface area (Å²) in [4.78, 5) is 12.0. The molecular formula is C19H20ClN5O3S. The van der Waals surface area contributed by atoms with Gasteiger partial charge in [0.2, 0.25) is 11.1 Å². The zero-order valence-corrected chi connectivity index (χ0v) is 17.2. The Bertz CT molecular complexity index is 965. The fraction of sp³-hybridized carbons (Fsp3) is 0.211. The third-order valence-corrected chi connectivity index (χ3v) is 5.05. The molecule has 10 heteroatoms. The number of nitrogens with one attached hydrogen (secondary N) is 1. The highest BCUT2D eigenvalue weighted by Gasteiger charge is 2.16. The quantitative estimate of drug-likeness (QED) is 0.303. The highest BCUT2D eigenvalue weighted by molar-refractivity contribution is 7.99. The van der Waals surface area contributed by atoms with Crippen LogP contribution in [0.5, 0.6) is 11.5 Å². The van der Waals surface area contributed by atoms with Crippen LogP contribution in [-0.2, 0) is 4.79 Å². The van der Waals surface area contributed by atoms with Crippen molar-refractivity contribution in [3.05, 3.63) is 53.6 Å². The van der Waals surface area contributed by atoms with Gasteiger partial charge in [0.15, 0.2) is 5.82 Å². The lowest BCUT2D eigenvalue weighted by atomic mass is 10.2. The van der Waals surface area contributed by atoms with E-state index in [9.17, 15) is 4.79 Å². The molecule has 0 aliphatic rings. The first-order valence-corrected chi connectivity index (χ1v) is 10.1. The summed E-state index contributed by atoms with van der Waals surface area (Å²) in [6.07, 6.45) is 0. The first-order valence-electron chi connectivity index (χ1n) is 8.70. The SMILES string of the molecule is COc1ccccc1-c1nnc(SCC(=O)NCCOc2ccc(Cl)cc2)n1N. The van der Waals surface area contributed by atoms with E-state index in [2.05, 4.69) is 15.5 Å². The van der Waals surface area contributed by atoms with Gasteiger partial charge in [-0.1, -0.05) is 35.5 Å². The van der Waals surface area contributed by atoms with Crippen molar-refractivity contribution in [1.29, 1.82) is 0 Å². The molecule has 3 rings (SSSR count). The van der Waals surface area contributed by atoms with Crippen LogP contribution in [0.3, 0.4) is 0 Å². The van der Waals surface area contributed by atoms with E-state index in [1.807, 2.05) is 24.3 Å². The summed E-state index contributed by atoms with van der Waals surface area (Å²) in [6, 6.07) is 14.4. The van der Waals surface area contributed by atoms with E-state index in [1.54, 1.807) is 31.4 Å². The number of hydrogen-bond donors (Lipinski definition) is 2. The number of para-hydroxylation sites is 1. The molecule has 0 fully saturated rings. The molecule has 29 heavy (non-hydrogen) atoms. The number of ether oxygens (including phenoxy) is 2. The number of halogens is 1.